The second-order valence-electron chi connectivity index (χ2n) is 3.75. The summed E-state index contributed by atoms with van der Waals surface area (Å²) < 4.78 is 0. The van der Waals surface area contributed by atoms with Crippen molar-refractivity contribution in [1.82, 2.24) is 15.3 Å². The number of carbonyl (C=O) groups is 2. The van der Waals surface area contributed by atoms with Crippen molar-refractivity contribution in [3.8, 4) is 0 Å². The van der Waals surface area contributed by atoms with Crippen molar-refractivity contribution in [2.45, 2.75) is 6.04 Å². The molecule has 1 amide bonds. The van der Waals surface area contributed by atoms with Gasteiger partial charge in [-0.15, -0.1) is 0 Å². The summed E-state index contributed by atoms with van der Waals surface area (Å²) in [5, 5.41) is 11.6. The van der Waals surface area contributed by atoms with Gasteiger partial charge in [0.2, 0.25) is 0 Å². The lowest BCUT2D eigenvalue weighted by molar-refractivity contribution is -0.139. The van der Waals surface area contributed by atoms with Gasteiger partial charge in [-0.25, -0.2) is 9.78 Å². The van der Waals surface area contributed by atoms with Gasteiger partial charge in [-0.1, -0.05) is 30.3 Å². The summed E-state index contributed by atoms with van der Waals surface area (Å²) in [6.45, 7) is 0. The van der Waals surface area contributed by atoms with Crippen LogP contribution < -0.4 is 5.32 Å². The van der Waals surface area contributed by atoms with Crippen LogP contribution in [-0.4, -0.2) is 27.0 Å². The number of hydrogen-bond acceptors (Lipinski definition) is 4. The van der Waals surface area contributed by atoms with Gasteiger partial charge in [-0.2, -0.15) is 0 Å². The Bertz CT molecular complexity index is 572. The van der Waals surface area contributed by atoms with Crippen LogP contribution in [0.2, 0.25) is 0 Å². The first-order valence-electron chi connectivity index (χ1n) is 5.53. The third kappa shape index (κ3) is 3.12. The number of carbonyl (C=O) groups excluding carboxylic acids is 1. The Morgan fingerprint density at radius 2 is 1.89 bits per heavy atom. The number of nitrogens with one attached hydrogen (secondary N) is 1. The monoisotopic (exact) mass is 257 g/mol. The summed E-state index contributed by atoms with van der Waals surface area (Å²) >= 11 is 0. The van der Waals surface area contributed by atoms with Gasteiger partial charge >= 0.3 is 5.97 Å². The van der Waals surface area contributed by atoms with Crippen LogP contribution in [0.15, 0.2) is 48.9 Å². The molecule has 2 N–H and O–H groups in total. The molecule has 0 saturated heterocycles. The van der Waals surface area contributed by atoms with E-state index in [1.54, 1.807) is 30.3 Å². The lowest BCUT2D eigenvalue weighted by Crippen LogP contribution is -2.34. The van der Waals surface area contributed by atoms with E-state index in [1.807, 2.05) is 0 Å². The van der Waals surface area contributed by atoms with E-state index in [2.05, 4.69) is 15.3 Å². The molecular formula is C13H11N3O3. The third-order valence-corrected chi connectivity index (χ3v) is 2.45. The summed E-state index contributed by atoms with van der Waals surface area (Å²) in [7, 11) is 0. The van der Waals surface area contributed by atoms with Crippen LogP contribution in [0.4, 0.5) is 0 Å². The van der Waals surface area contributed by atoms with Gasteiger partial charge in [0, 0.05) is 12.4 Å². The van der Waals surface area contributed by atoms with Crippen LogP contribution in [0.1, 0.15) is 22.1 Å². The Morgan fingerprint density at radius 3 is 2.47 bits per heavy atom. The quantitative estimate of drug-likeness (QED) is 0.853. The van der Waals surface area contributed by atoms with E-state index in [1.165, 1.54) is 18.6 Å². The molecule has 1 aromatic carbocycles. The van der Waals surface area contributed by atoms with Crippen molar-refractivity contribution in [1.29, 1.82) is 0 Å². The van der Waals surface area contributed by atoms with E-state index in [0.29, 0.717) is 5.56 Å². The normalized spacial score (nSPS) is 11.6. The van der Waals surface area contributed by atoms with Gasteiger partial charge in [0.1, 0.15) is 5.69 Å². The Hall–Kier alpha value is -2.76. The number of aliphatic carboxylic acids is 1. The standard InChI is InChI=1S/C13H11N3O3/c17-12(10-8-14-6-7-15-10)16-11(13(18)19)9-4-2-1-3-5-9/h1-8,11H,(H,16,17)(H,18,19)/t11-/m1/s1. The van der Waals surface area contributed by atoms with Gasteiger partial charge in [-0.3, -0.25) is 9.78 Å². The van der Waals surface area contributed by atoms with Crippen molar-refractivity contribution in [3.05, 3.63) is 60.2 Å². The highest BCUT2D eigenvalue weighted by atomic mass is 16.4. The number of carboxylic acid groups (broad SMARTS) is 1. The average Bonchev–Trinajstić information content (AvgIpc) is 2.46. The molecule has 0 saturated carbocycles. The summed E-state index contributed by atoms with van der Waals surface area (Å²) in [6.07, 6.45) is 4.08. The summed E-state index contributed by atoms with van der Waals surface area (Å²) in [5.41, 5.74) is 0.567. The minimum atomic E-state index is -1.14. The first kappa shape index (κ1) is 12.7. The second kappa shape index (κ2) is 5.72. The molecule has 2 aromatic rings. The molecule has 2 rings (SSSR count). The molecule has 96 valence electrons. The van der Waals surface area contributed by atoms with Crippen molar-refractivity contribution in [2.24, 2.45) is 0 Å². The number of aromatic nitrogens is 2. The molecular weight excluding hydrogens is 246 g/mol. The second-order valence-corrected chi connectivity index (χ2v) is 3.75. The molecule has 0 unspecified atom stereocenters. The Kier molecular flexibility index (Phi) is 3.82. The molecule has 1 heterocycles. The lowest BCUT2D eigenvalue weighted by Gasteiger charge is -2.14. The molecule has 0 bridgehead atoms. The highest BCUT2D eigenvalue weighted by Gasteiger charge is 2.22. The van der Waals surface area contributed by atoms with E-state index >= 15 is 0 Å². The van der Waals surface area contributed by atoms with Gasteiger partial charge < -0.3 is 10.4 Å². The van der Waals surface area contributed by atoms with Crippen molar-refractivity contribution >= 4 is 11.9 Å². The van der Waals surface area contributed by atoms with Gasteiger partial charge in [0.25, 0.3) is 5.91 Å². The Morgan fingerprint density at radius 1 is 1.16 bits per heavy atom. The number of hydrogen-bond donors (Lipinski definition) is 2. The third-order valence-electron chi connectivity index (χ3n) is 2.45. The molecule has 0 radical (unpaired) electrons. The summed E-state index contributed by atoms with van der Waals surface area (Å²) in [6, 6.07) is 7.34. The molecule has 0 aliphatic rings. The molecule has 0 aliphatic heterocycles. The van der Waals surface area contributed by atoms with Crippen molar-refractivity contribution < 1.29 is 14.7 Å². The van der Waals surface area contributed by atoms with Gasteiger partial charge in [-0.05, 0) is 5.56 Å². The first-order valence-corrected chi connectivity index (χ1v) is 5.53. The Labute approximate surface area is 109 Å². The number of benzene rings is 1. The van der Waals surface area contributed by atoms with Gasteiger partial charge in [0.05, 0.1) is 6.20 Å². The highest BCUT2D eigenvalue weighted by Crippen LogP contribution is 2.13. The zero-order chi connectivity index (χ0) is 13.7. The van der Waals surface area contributed by atoms with Crippen molar-refractivity contribution in [2.75, 3.05) is 0 Å². The van der Waals surface area contributed by atoms with E-state index in [-0.39, 0.29) is 5.69 Å². The smallest absolute Gasteiger partial charge is 0.330 e. The maximum Gasteiger partial charge on any atom is 0.330 e. The maximum absolute atomic E-state index is 11.9. The largest absolute Gasteiger partial charge is 0.479 e. The van der Waals surface area contributed by atoms with E-state index < -0.39 is 17.9 Å². The molecule has 6 nitrogen and oxygen atoms in total. The van der Waals surface area contributed by atoms with Crippen LogP contribution in [-0.2, 0) is 4.79 Å². The molecule has 0 aliphatic carbocycles. The van der Waals surface area contributed by atoms with Crippen LogP contribution >= 0.6 is 0 Å². The fourth-order valence-corrected chi connectivity index (χ4v) is 1.55. The fourth-order valence-electron chi connectivity index (χ4n) is 1.55. The average molecular weight is 257 g/mol. The van der Waals surface area contributed by atoms with Gasteiger partial charge in [0.15, 0.2) is 6.04 Å². The zero-order valence-corrected chi connectivity index (χ0v) is 9.85. The molecule has 19 heavy (non-hydrogen) atoms. The number of amides is 1. The summed E-state index contributed by atoms with van der Waals surface area (Å²) in [4.78, 5) is 30.6. The minimum absolute atomic E-state index is 0.0738. The zero-order valence-electron chi connectivity index (χ0n) is 9.85. The van der Waals surface area contributed by atoms with Crippen LogP contribution in [0, 0.1) is 0 Å². The van der Waals surface area contributed by atoms with Crippen LogP contribution in [0.3, 0.4) is 0 Å². The molecule has 1 aromatic heterocycles. The first-order chi connectivity index (χ1) is 9.18. The van der Waals surface area contributed by atoms with Crippen molar-refractivity contribution in [3.63, 3.8) is 0 Å². The van der Waals surface area contributed by atoms with E-state index in [0.717, 1.165) is 0 Å². The maximum atomic E-state index is 11.9. The minimum Gasteiger partial charge on any atom is -0.479 e. The van der Waals surface area contributed by atoms with Crippen LogP contribution in [0.5, 0.6) is 0 Å². The molecule has 0 fully saturated rings. The lowest BCUT2D eigenvalue weighted by atomic mass is 10.1. The highest BCUT2D eigenvalue weighted by molar-refractivity contribution is 5.94. The number of carboxylic acids is 1. The number of nitrogens with zero attached hydrogens (tertiary/aromatic N) is 2. The molecule has 1 atom stereocenters. The predicted octanol–water partition coefficient (Wildman–Crippen LogP) is 1.03. The topological polar surface area (TPSA) is 92.2 Å². The number of rotatable bonds is 4. The summed E-state index contributed by atoms with van der Waals surface area (Å²) in [5.74, 6) is -1.72. The molecule has 0 spiro atoms. The van der Waals surface area contributed by atoms with E-state index in [4.69, 9.17) is 0 Å². The predicted molar refractivity (Wildman–Crippen MR) is 66.3 cm³/mol. The fraction of sp³-hybridized carbons (Fsp3) is 0.0769. The Balaban J connectivity index is 2.19. The van der Waals surface area contributed by atoms with Crippen LogP contribution in [0.25, 0.3) is 0 Å². The SMILES string of the molecule is O=C(N[C@@H](C(=O)O)c1ccccc1)c1cnccn1. The molecule has 6 heteroatoms. The van der Waals surface area contributed by atoms with E-state index in [9.17, 15) is 14.7 Å².